The fraction of sp³-hybridized carbons (Fsp3) is 0.825. The molecule has 0 rings (SSSR count). The highest BCUT2D eigenvalue weighted by atomic mass is 35.5. The van der Waals surface area contributed by atoms with E-state index in [1.165, 1.54) is 12.8 Å². The number of hydrogen-bond acceptors (Lipinski definition) is 12. The summed E-state index contributed by atoms with van der Waals surface area (Å²) in [6, 6.07) is 0.922. The number of carbonyl (C=O) groups excluding carboxylic acids is 6. The molecule has 14 nitrogen and oxygen atoms in total. The Balaban J connectivity index is -0.0000245. The first kappa shape index (κ1) is 74.0. The molecule has 0 aliphatic carbocycles. The molecule has 0 saturated heterocycles. The summed E-state index contributed by atoms with van der Waals surface area (Å²) in [5.41, 5.74) is 0. The van der Waals surface area contributed by atoms with Crippen LogP contribution in [0.3, 0.4) is 0 Å². The maximum Gasteiger partial charge on any atom is 0.308 e. The monoisotopic (exact) mass is 1080 g/mol. The van der Waals surface area contributed by atoms with Crippen LogP contribution >= 0.6 is 0 Å². The van der Waals surface area contributed by atoms with Gasteiger partial charge in [0, 0.05) is 51.4 Å². The predicted molar refractivity (Wildman–Crippen MR) is 280 cm³/mol. The predicted octanol–water partition coefficient (Wildman–Crippen LogP) is 4.53. The summed E-state index contributed by atoms with van der Waals surface area (Å²) in [5.74, 6) is -1.75. The van der Waals surface area contributed by atoms with Crippen molar-refractivity contribution in [1.82, 2.24) is 0 Å². The molecule has 0 saturated carbocycles. The lowest BCUT2D eigenvalue weighted by molar-refractivity contribution is -0.683. The molecular formula is C57H104Cl2N2O12. The zero-order valence-electron chi connectivity index (χ0n) is 46.6. The van der Waals surface area contributed by atoms with E-state index in [0.717, 1.165) is 142 Å². The lowest BCUT2D eigenvalue weighted by atomic mass is 10.1. The van der Waals surface area contributed by atoms with Gasteiger partial charge >= 0.3 is 35.8 Å². The topological polar surface area (TPSA) is 191 Å². The molecular weight excluding hydrogens is 976 g/mol. The number of nitrogens with two attached hydrogens (primary N) is 2. The van der Waals surface area contributed by atoms with Gasteiger partial charge in [-0.1, -0.05) is 115 Å². The summed E-state index contributed by atoms with van der Waals surface area (Å²) in [6.07, 6.45) is 34.1. The van der Waals surface area contributed by atoms with Gasteiger partial charge in [-0.05, 0) is 105 Å². The molecule has 0 radical (unpaired) electrons. The van der Waals surface area contributed by atoms with E-state index in [-0.39, 0.29) is 105 Å². The van der Waals surface area contributed by atoms with Crippen molar-refractivity contribution in [3.63, 3.8) is 0 Å². The molecule has 0 spiro atoms. The number of unbranched alkanes of at least 4 members (excludes halogenated alkanes) is 16. The van der Waals surface area contributed by atoms with Crippen LogP contribution in [-0.4, -0.2) is 93.2 Å². The molecule has 0 aliphatic rings. The second kappa shape index (κ2) is 55.0. The molecule has 0 bridgehead atoms. The van der Waals surface area contributed by atoms with Crippen molar-refractivity contribution in [2.24, 2.45) is 0 Å². The Morgan fingerprint density at radius 2 is 0.712 bits per heavy atom. The van der Waals surface area contributed by atoms with E-state index in [2.05, 4.69) is 76.5 Å². The number of esters is 6. The van der Waals surface area contributed by atoms with E-state index in [0.29, 0.717) is 63.8 Å². The smallest absolute Gasteiger partial charge is 0.308 e. The number of quaternary nitrogens is 2. The van der Waals surface area contributed by atoms with Crippen molar-refractivity contribution in [2.75, 3.05) is 33.1 Å². The van der Waals surface area contributed by atoms with Crippen molar-refractivity contribution in [1.29, 1.82) is 0 Å². The number of allylic oxidation sites excluding steroid dienone is 2. The van der Waals surface area contributed by atoms with Crippen LogP contribution in [0.5, 0.6) is 0 Å². The highest BCUT2D eigenvalue weighted by Gasteiger charge is 2.16. The Kier molecular flexibility index (Phi) is 55.8. The second-order valence-corrected chi connectivity index (χ2v) is 19.8. The van der Waals surface area contributed by atoms with E-state index in [4.69, 9.17) is 28.4 Å². The van der Waals surface area contributed by atoms with Gasteiger partial charge in [0.25, 0.3) is 0 Å². The first-order valence-corrected chi connectivity index (χ1v) is 28.3. The summed E-state index contributed by atoms with van der Waals surface area (Å²) in [5, 5.41) is 4.23. The van der Waals surface area contributed by atoms with E-state index < -0.39 is 0 Å². The molecule has 0 fully saturated rings. The van der Waals surface area contributed by atoms with Crippen molar-refractivity contribution >= 4 is 35.8 Å². The van der Waals surface area contributed by atoms with Gasteiger partial charge in [0.05, 0.1) is 12.1 Å². The first-order valence-electron chi connectivity index (χ1n) is 28.3. The van der Waals surface area contributed by atoms with Crippen LogP contribution in [0.2, 0.25) is 0 Å². The molecule has 428 valence electrons. The molecule has 2 atom stereocenters. The van der Waals surface area contributed by atoms with Crippen LogP contribution in [0.4, 0.5) is 0 Å². The summed E-state index contributed by atoms with van der Waals surface area (Å²) >= 11 is 0. The van der Waals surface area contributed by atoms with E-state index >= 15 is 0 Å². The van der Waals surface area contributed by atoms with Crippen LogP contribution in [0.15, 0.2) is 24.3 Å². The van der Waals surface area contributed by atoms with E-state index in [1.807, 2.05) is 0 Å². The molecule has 0 aliphatic heterocycles. The van der Waals surface area contributed by atoms with E-state index in [1.54, 1.807) is 0 Å². The summed E-state index contributed by atoms with van der Waals surface area (Å²) in [4.78, 5) is 73.3. The number of ether oxygens (including phenoxy) is 6. The Morgan fingerprint density at radius 1 is 0.384 bits per heavy atom. The Bertz CT molecular complexity index is 1310. The van der Waals surface area contributed by atoms with Crippen LogP contribution < -0.4 is 35.4 Å². The standard InChI is InChI=1S/C57H102N2O12.2ClH/c1-7-9-11-25-33-50(70-56(64)41-31-39-52(60)66-45-43-58-48(3)4)35-27-21-17-13-15-19-23-29-37-54(62)68-47-69-55(63)38-30-24-20-16-14-18-22-28-36-51(34-26-12-10-8-2)71-57(65)42-32-40-53(61)67-46-44-59-49(5)6;;/h21-22,27-28,48-51,58-59H,7-20,23-26,29-47H2,1-6H3;2*1H/b27-21-,28-22-;;. The molecule has 73 heavy (non-hydrogen) atoms. The van der Waals surface area contributed by atoms with Crippen molar-refractivity contribution in [2.45, 2.75) is 271 Å². The second-order valence-electron chi connectivity index (χ2n) is 19.8. The SMILES string of the molecule is CCCCCCC(C/C=C\CCCCCCCC(=O)OCOC(=O)CCCCCCC/C=C\CC(CCCCCC)OC(=O)CCCC(=O)OCC[NH2+]C(C)C)OC(=O)CCCC(=O)OCC[NH2+]C(C)C.[Cl-].[Cl-]. The van der Waals surface area contributed by atoms with Crippen LogP contribution in [0.1, 0.15) is 247 Å². The molecule has 0 heterocycles. The number of rotatable bonds is 50. The highest BCUT2D eigenvalue weighted by molar-refractivity contribution is 5.73. The molecule has 0 aromatic heterocycles. The molecule has 4 N–H and O–H groups in total. The van der Waals surface area contributed by atoms with E-state index in [9.17, 15) is 28.8 Å². The Labute approximate surface area is 455 Å². The zero-order valence-corrected chi connectivity index (χ0v) is 48.1. The third-order valence-electron chi connectivity index (χ3n) is 12.0. The number of carbonyl (C=O) groups is 6. The first-order chi connectivity index (χ1) is 34.4. The number of hydrogen-bond donors (Lipinski definition) is 2. The minimum absolute atomic E-state index is 0. The fourth-order valence-electron chi connectivity index (χ4n) is 7.74. The minimum Gasteiger partial charge on any atom is -1.00 e. The van der Waals surface area contributed by atoms with Crippen molar-refractivity contribution in [3.8, 4) is 0 Å². The zero-order chi connectivity index (χ0) is 52.4. The van der Waals surface area contributed by atoms with Gasteiger partial charge in [-0.15, -0.1) is 0 Å². The highest BCUT2D eigenvalue weighted by Crippen LogP contribution is 2.17. The third-order valence-corrected chi connectivity index (χ3v) is 12.0. The third kappa shape index (κ3) is 54.9. The van der Waals surface area contributed by atoms with Crippen molar-refractivity contribution in [3.05, 3.63) is 24.3 Å². The average molecular weight is 1080 g/mol. The summed E-state index contributed by atoms with van der Waals surface area (Å²) in [7, 11) is 0. The average Bonchev–Trinajstić information content (AvgIpc) is 3.32. The van der Waals surface area contributed by atoms with Gasteiger partial charge in [0.2, 0.25) is 6.79 Å². The largest absolute Gasteiger partial charge is 1.00 e. The van der Waals surface area contributed by atoms with Gasteiger partial charge < -0.3 is 63.9 Å². The molecule has 16 heteroatoms. The van der Waals surface area contributed by atoms with Gasteiger partial charge in [0.1, 0.15) is 38.5 Å². The normalized spacial score (nSPS) is 12.1. The van der Waals surface area contributed by atoms with Crippen molar-refractivity contribution < 1.29 is 92.6 Å². The quantitative estimate of drug-likeness (QED) is 0.0285. The Hall–Kier alpha value is -3.20. The van der Waals surface area contributed by atoms with Gasteiger partial charge in [-0.2, -0.15) is 0 Å². The molecule has 0 aromatic rings. The summed E-state index contributed by atoms with van der Waals surface area (Å²) in [6.45, 7) is 14.6. The fourth-order valence-corrected chi connectivity index (χ4v) is 7.74. The minimum atomic E-state index is -0.352. The van der Waals surface area contributed by atoms with Crippen LogP contribution in [0, 0.1) is 0 Å². The van der Waals surface area contributed by atoms with Gasteiger partial charge in [-0.3, -0.25) is 28.8 Å². The molecule has 0 aromatic carbocycles. The lowest BCUT2D eigenvalue weighted by Crippen LogP contribution is -3.00. The molecule has 2 unspecified atom stereocenters. The van der Waals surface area contributed by atoms with Gasteiger partial charge in [-0.25, -0.2) is 0 Å². The Morgan fingerprint density at radius 3 is 1.10 bits per heavy atom. The maximum atomic E-state index is 12.6. The number of halogens is 2. The molecule has 0 amide bonds. The van der Waals surface area contributed by atoms with Gasteiger partial charge in [0.15, 0.2) is 0 Å². The lowest BCUT2D eigenvalue weighted by Gasteiger charge is -2.16. The van der Waals surface area contributed by atoms with Crippen LogP contribution in [-0.2, 0) is 57.2 Å². The van der Waals surface area contributed by atoms with Crippen LogP contribution in [0.25, 0.3) is 0 Å². The maximum absolute atomic E-state index is 12.6. The summed E-state index contributed by atoms with van der Waals surface area (Å²) < 4.78 is 32.4.